The highest BCUT2D eigenvalue weighted by atomic mass is 32.2. The number of aliphatic hydroxyl groups excluding tert-OH is 2. The highest BCUT2D eigenvalue weighted by Crippen LogP contribution is 2.50. The summed E-state index contributed by atoms with van der Waals surface area (Å²) >= 11 is 3.43. The molecule has 1 saturated carbocycles. The zero-order valence-corrected chi connectivity index (χ0v) is 18.7. The number of fused-ring (bicyclic) bond motifs is 2. The molecule has 2 aromatic rings. The lowest BCUT2D eigenvalue weighted by Gasteiger charge is -2.44. The van der Waals surface area contributed by atoms with Gasteiger partial charge in [-0.2, -0.15) is 0 Å². The summed E-state index contributed by atoms with van der Waals surface area (Å²) in [6.07, 6.45) is 2.97. The minimum atomic E-state index is -0.578. The van der Waals surface area contributed by atoms with Gasteiger partial charge in [0.25, 0.3) is 0 Å². The van der Waals surface area contributed by atoms with Gasteiger partial charge in [-0.25, -0.2) is 0 Å². The number of thioether (sulfide) groups is 2. The fraction of sp³-hybridized carbons (Fsp3) is 0.333. The summed E-state index contributed by atoms with van der Waals surface area (Å²) in [5.74, 6) is -0.497. The summed E-state index contributed by atoms with van der Waals surface area (Å²) in [5, 5.41) is 24.0. The van der Waals surface area contributed by atoms with Gasteiger partial charge >= 0.3 is 0 Å². The predicted octanol–water partition coefficient (Wildman–Crippen LogP) is 4.90. The minimum absolute atomic E-state index is 0.249. The third-order valence-corrected chi connectivity index (χ3v) is 8.41. The fourth-order valence-electron chi connectivity index (χ4n) is 4.50. The van der Waals surface area contributed by atoms with Crippen molar-refractivity contribution in [2.75, 3.05) is 22.9 Å². The van der Waals surface area contributed by atoms with Crippen LogP contribution in [0.2, 0.25) is 0 Å². The molecule has 0 spiro atoms. The molecule has 3 aliphatic rings. The number of hydrogen-bond donors (Lipinski definition) is 2. The average Bonchev–Trinajstić information content (AvgIpc) is 3.32. The Balaban J connectivity index is 1.35. The first-order chi connectivity index (χ1) is 14.6. The predicted molar refractivity (Wildman–Crippen MR) is 126 cm³/mol. The molecule has 6 heteroatoms. The van der Waals surface area contributed by atoms with Crippen LogP contribution in [0.4, 0.5) is 11.4 Å². The van der Waals surface area contributed by atoms with Gasteiger partial charge in [0.2, 0.25) is 0 Å². The molecular formula is C24H26N2O2S2. The van der Waals surface area contributed by atoms with E-state index in [1.165, 1.54) is 21.2 Å². The third kappa shape index (κ3) is 3.17. The average molecular weight is 439 g/mol. The van der Waals surface area contributed by atoms with E-state index in [4.69, 9.17) is 0 Å². The molecule has 0 saturated heterocycles. The first kappa shape index (κ1) is 20.1. The molecule has 4 nitrogen and oxygen atoms in total. The molecule has 5 rings (SSSR count). The van der Waals surface area contributed by atoms with Crippen LogP contribution < -0.4 is 9.80 Å². The van der Waals surface area contributed by atoms with E-state index in [0.29, 0.717) is 0 Å². The number of anilines is 2. The Morgan fingerprint density at radius 3 is 1.53 bits per heavy atom. The van der Waals surface area contributed by atoms with E-state index in [1.54, 1.807) is 23.5 Å². The number of aliphatic hydroxyl groups is 2. The summed E-state index contributed by atoms with van der Waals surface area (Å²) < 4.78 is 0. The van der Waals surface area contributed by atoms with E-state index in [-0.39, 0.29) is 11.8 Å². The number of benzene rings is 2. The van der Waals surface area contributed by atoms with E-state index in [9.17, 15) is 10.2 Å². The van der Waals surface area contributed by atoms with Crippen LogP contribution in [0.1, 0.15) is 13.8 Å². The molecular weight excluding hydrogens is 412 g/mol. The molecule has 156 valence electrons. The number of para-hydroxylation sites is 2. The smallest absolute Gasteiger partial charge is 0.0765 e. The number of hydrogen-bond acceptors (Lipinski definition) is 6. The van der Waals surface area contributed by atoms with Gasteiger partial charge in [0.1, 0.15) is 0 Å². The highest BCUT2D eigenvalue weighted by Gasteiger charge is 2.48. The molecule has 0 aromatic heterocycles. The Kier molecular flexibility index (Phi) is 5.35. The van der Waals surface area contributed by atoms with Crippen molar-refractivity contribution in [2.45, 2.75) is 35.8 Å². The highest BCUT2D eigenvalue weighted by molar-refractivity contribution is 8.04. The van der Waals surface area contributed by atoms with Crippen molar-refractivity contribution in [3.63, 3.8) is 0 Å². The Morgan fingerprint density at radius 1 is 0.733 bits per heavy atom. The van der Waals surface area contributed by atoms with Crippen LogP contribution in [-0.4, -0.2) is 35.5 Å². The van der Waals surface area contributed by atoms with Gasteiger partial charge in [0, 0.05) is 34.7 Å². The summed E-state index contributed by atoms with van der Waals surface area (Å²) in [5.41, 5.74) is 2.41. The van der Waals surface area contributed by atoms with Gasteiger partial charge in [-0.1, -0.05) is 47.8 Å². The first-order valence-corrected chi connectivity index (χ1v) is 12.1. The van der Waals surface area contributed by atoms with Crippen LogP contribution >= 0.6 is 23.5 Å². The van der Waals surface area contributed by atoms with Crippen LogP contribution in [0.25, 0.3) is 0 Å². The molecule has 2 heterocycles. The topological polar surface area (TPSA) is 46.9 Å². The van der Waals surface area contributed by atoms with E-state index < -0.39 is 12.2 Å². The Morgan fingerprint density at radius 2 is 1.13 bits per heavy atom. The van der Waals surface area contributed by atoms with E-state index in [1.807, 2.05) is 0 Å². The maximum Gasteiger partial charge on any atom is 0.0765 e. The van der Waals surface area contributed by atoms with Crippen molar-refractivity contribution in [1.29, 1.82) is 0 Å². The molecule has 1 aliphatic carbocycles. The molecule has 2 aliphatic heterocycles. The second kappa shape index (κ2) is 8.00. The van der Waals surface area contributed by atoms with Crippen molar-refractivity contribution in [1.82, 2.24) is 0 Å². The number of rotatable bonds is 4. The zero-order chi connectivity index (χ0) is 20.8. The molecule has 0 atom stereocenters. The molecule has 1 fully saturated rings. The maximum absolute atomic E-state index is 10.9. The Hall–Kier alpha value is -1.86. The van der Waals surface area contributed by atoms with Crippen LogP contribution in [0.3, 0.4) is 0 Å². The minimum Gasteiger partial charge on any atom is -0.392 e. The lowest BCUT2D eigenvalue weighted by molar-refractivity contribution is -0.110. The molecule has 0 unspecified atom stereocenters. The van der Waals surface area contributed by atoms with E-state index in [0.717, 1.165) is 23.1 Å². The molecule has 2 N–H and O–H groups in total. The normalized spacial score (nSPS) is 30.0. The van der Waals surface area contributed by atoms with Gasteiger partial charge in [0.05, 0.1) is 33.6 Å². The van der Waals surface area contributed by atoms with Crippen molar-refractivity contribution in [3.05, 3.63) is 70.7 Å². The maximum atomic E-state index is 10.9. The van der Waals surface area contributed by atoms with Crippen molar-refractivity contribution >= 4 is 34.9 Å². The van der Waals surface area contributed by atoms with Crippen LogP contribution in [0.15, 0.2) is 80.5 Å². The van der Waals surface area contributed by atoms with Gasteiger partial charge in [-0.15, -0.1) is 0 Å². The van der Waals surface area contributed by atoms with Crippen LogP contribution in [0.5, 0.6) is 0 Å². The second-order valence-corrected chi connectivity index (χ2v) is 9.90. The summed E-state index contributed by atoms with van der Waals surface area (Å²) in [6, 6.07) is 16.7. The largest absolute Gasteiger partial charge is 0.392 e. The Labute approximate surface area is 186 Å². The van der Waals surface area contributed by atoms with E-state index in [2.05, 4.69) is 84.3 Å². The third-order valence-electron chi connectivity index (χ3n) is 6.15. The number of nitrogens with zero attached hydrogens (tertiary/aromatic N) is 2. The lowest BCUT2D eigenvalue weighted by atomic mass is 9.69. The zero-order valence-electron chi connectivity index (χ0n) is 17.1. The summed E-state index contributed by atoms with van der Waals surface area (Å²) in [4.78, 5) is 6.97. The standard InChI is InChI=1S/C24H26N2O2S2/c1-3-25-17-9-5-7-11-19(17)29-21(25)13-15-23(27)16(24(15)28)14-22-26(4-2)18-10-6-8-12-20(18)30-22/h5-16,23-24,27-28H,3-4H2,1-2H3/b21-13-,22-14-. The summed E-state index contributed by atoms with van der Waals surface area (Å²) in [7, 11) is 0. The van der Waals surface area contributed by atoms with Gasteiger partial charge < -0.3 is 20.0 Å². The SMILES string of the molecule is CCN1/C(=C/C2C(O)C(/C=C3\Sc4ccccc4N3CC)C2O)Sc2ccccc21. The van der Waals surface area contributed by atoms with Gasteiger partial charge in [-0.3, -0.25) is 0 Å². The molecule has 30 heavy (non-hydrogen) atoms. The quantitative estimate of drug-likeness (QED) is 0.708. The monoisotopic (exact) mass is 438 g/mol. The van der Waals surface area contributed by atoms with Crippen LogP contribution in [-0.2, 0) is 0 Å². The molecule has 0 radical (unpaired) electrons. The molecule has 0 amide bonds. The first-order valence-electron chi connectivity index (χ1n) is 10.5. The van der Waals surface area contributed by atoms with Crippen LogP contribution in [0, 0.1) is 11.8 Å². The summed E-state index contributed by atoms with van der Waals surface area (Å²) in [6.45, 7) is 5.99. The van der Waals surface area contributed by atoms with Gasteiger partial charge in [-0.05, 0) is 50.3 Å². The van der Waals surface area contributed by atoms with Crippen molar-refractivity contribution in [2.24, 2.45) is 11.8 Å². The second-order valence-electron chi connectivity index (χ2n) is 7.77. The van der Waals surface area contributed by atoms with Crippen molar-refractivity contribution < 1.29 is 10.2 Å². The van der Waals surface area contributed by atoms with Gasteiger partial charge in [0.15, 0.2) is 0 Å². The lowest BCUT2D eigenvalue weighted by Crippen LogP contribution is -2.54. The molecule has 0 bridgehead atoms. The fourth-order valence-corrected chi connectivity index (χ4v) is 6.94. The molecule has 2 aromatic carbocycles. The van der Waals surface area contributed by atoms with Crippen molar-refractivity contribution in [3.8, 4) is 0 Å². The van der Waals surface area contributed by atoms with E-state index >= 15 is 0 Å². The Bertz CT molecular complexity index is 932.